The van der Waals surface area contributed by atoms with Gasteiger partial charge in [0.2, 0.25) is 11.8 Å². The van der Waals surface area contributed by atoms with Crippen LogP contribution in [0.3, 0.4) is 0 Å². The highest BCUT2D eigenvalue weighted by Crippen LogP contribution is 2.25. The number of rotatable bonds is 11. The van der Waals surface area contributed by atoms with Crippen molar-refractivity contribution in [2.24, 2.45) is 0 Å². The number of halogens is 1. The summed E-state index contributed by atoms with van der Waals surface area (Å²) in [6, 6.07) is 20.2. The molecule has 202 valence electrons. The number of carbonyl (C=O) groups excluding carboxylic acids is 2. The molecule has 0 spiro atoms. The van der Waals surface area contributed by atoms with Gasteiger partial charge in [0.15, 0.2) is 0 Å². The van der Waals surface area contributed by atoms with Crippen LogP contribution in [0.5, 0.6) is 0 Å². The molecule has 0 aromatic heterocycles. The Morgan fingerprint density at radius 1 is 0.947 bits per heavy atom. The lowest BCUT2D eigenvalue weighted by molar-refractivity contribution is -0.139. The van der Waals surface area contributed by atoms with Gasteiger partial charge >= 0.3 is 0 Å². The molecule has 3 aromatic rings. The van der Waals surface area contributed by atoms with Crippen molar-refractivity contribution in [1.82, 2.24) is 10.2 Å². The van der Waals surface area contributed by atoms with Crippen LogP contribution >= 0.6 is 15.9 Å². The summed E-state index contributed by atoms with van der Waals surface area (Å²) < 4.78 is 29.6. The van der Waals surface area contributed by atoms with E-state index >= 15 is 0 Å². The molecule has 0 heterocycles. The van der Waals surface area contributed by atoms with Crippen LogP contribution < -0.4 is 9.62 Å². The zero-order valence-corrected chi connectivity index (χ0v) is 24.6. The highest BCUT2D eigenvalue weighted by atomic mass is 79.9. The largest absolute Gasteiger partial charge is 0.354 e. The van der Waals surface area contributed by atoms with Gasteiger partial charge in [0.1, 0.15) is 12.6 Å². The third-order valence-corrected chi connectivity index (χ3v) is 8.45. The van der Waals surface area contributed by atoms with Crippen molar-refractivity contribution in [3.8, 4) is 0 Å². The first kappa shape index (κ1) is 29.4. The zero-order valence-electron chi connectivity index (χ0n) is 22.1. The molecule has 0 saturated carbocycles. The molecule has 3 rings (SSSR count). The lowest BCUT2D eigenvalue weighted by atomic mass is 10.1. The number of benzene rings is 3. The Morgan fingerprint density at radius 2 is 1.55 bits per heavy atom. The maximum absolute atomic E-state index is 13.9. The summed E-state index contributed by atoms with van der Waals surface area (Å²) in [5, 5.41) is 2.84. The van der Waals surface area contributed by atoms with Crippen LogP contribution in [0.4, 0.5) is 5.69 Å². The molecule has 1 atom stereocenters. The molecule has 3 aromatic carbocycles. The normalized spacial score (nSPS) is 12.0. The van der Waals surface area contributed by atoms with E-state index in [1.807, 2.05) is 45.0 Å². The number of nitrogens with zero attached hydrogens (tertiary/aromatic N) is 2. The SMILES string of the molecule is CCCNC(=O)[C@@H](C)N(Cc1cccc(Br)c1)C(=O)CN(c1ccc(C)cc1)S(=O)(=O)c1ccc(C)cc1. The van der Waals surface area contributed by atoms with E-state index in [-0.39, 0.29) is 17.3 Å². The lowest BCUT2D eigenvalue weighted by Crippen LogP contribution is -2.51. The second-order valence-corrected chi connectivity index (χ2v) is 12.1. The van der Waals surface area contributed by atoms with Crippen LogP contribution in [-0.2, 0) is 26.2 Å². The summed E-state index contributed by atoms with van der Waals surface area (Å²) in [6.45, 7) is 7.56. The quantitative estimate of drug-likeness (QED) is 0.328. The third kappa shape index (κ3) is 7.45. The molecule has 0 radical (unpaired) electrons. The molecule has 0 saturated heterocycles. The number of amides is 2. The summed E-state index contributed by atoms with van der Waals surface area (Å²) >= 11 is 3.45. The fourth-order valence-electron chi connectivity index (χ4n) is 3.89. The lowest BCUT2D eigenvalue weighted by Gasteiger charge is -2.32. The summed E-state index contributed by atoms with van der Waals surface area (Å²) in [5.74, 6) is -0.779. The van der Waals surface area contributed by atoms with E-state index in [1.165, 1.54) is 17.0 Å². The van der Waals surface area contributed by atoms with E-state index in [2.05, 4.69) is 21.2 Å². The maximum atomic E-state index is 13.9. The predicted molar refractivity (Wildman–Crippen MR) is 154 cm³/mol. The Kier molecular flexibility index (Phi) is 10.1. The van der Waals surface area contributed by atoms with E-state index in [0.717, 1.165) is 31.9 Å². The fourth-order valence-corrected chi connectivity index (χ4v) is 5.75. The molecule has 0 aliphatic rings. The molecule has 0 aliphatic carbocycles. The van der Waals surface area contributed by atoms with Crippen LogP contribution in [0.1, 0.15) is 37.0 Å². The summed E-state index contributed by atoms with van der Waals surface area (Å²) in [7, 11) is -4.07. The average Bonchev–Trinajstić information content (AvgIpc) is 2.89. The molecule has 0 aliphatic heterocycles. The minimum atomic E-state index is -4.07. The molecule has 9 heteroatoms. The van der Waals surface area contributed by atoms with Gasteiger partial charge in [-0.3, -0.25) is 13.9 Å². The molecular formula is C29H34BrN3O4S. The van der Waals surface area contributed by atoms with Crippen molar-refractivity contribution in [2.45, 2.75) is 51.6 Å². The topological polar surface area (TPSA) is 86.8 Å². The molecular weight excluding hydrogens is 566 g/mol. The van der Waals surface area contributed by atoms with Crippen molar-refractivity contribution in [3.05, 3.63) is 94.0 Å². The number of hydrogen-bond donors (Lipinski definition) is 1. The minimum Gasteiger partial charge on any atom is -0.354 e. The van der Waals surface area contributed by atoms with Gasteiger partial charge in [-0.2, -0.15) is 0 Å². The Balaban J connectivity index is 2.01. The van der Waals surface area contributed by atoms with Gasteiger partial charge in [-0.1, -0.05) is 70.4 Å². The molecule has 0 unspecified atom stereocenters. The first-order valence-electron chi connectivity index (χ1n) is 12.5. The smallest absolute Gasteiger partial charge is 0.264 e. The van der Waals surface area contributed by atoms with Crippen LogP contribution in [0.2, 0.25) is 0 Å². The number of sulfonamides is 1. The third-order valence-electron chi connectivity index (χ3n) is 6.17. The standard InChI is InChI=1S/C29H34BrN3O4S/c1-5-17-31-29(35)23(4)32(19-24-7-6-8-25(30)18-24)28(34)20-33(26-13-9-21(2)10-14-26)38(36,37)27-15-11-22(3)12-16-27/h6-16,18,23H,5,17,19-20H2,1-4H3,(H,31,35)/t23-/m1/s1. The van der Waals surface area contributed by atoms with Gasteiger partial charge < -0.3 is 10.2 Å². The summed E-state index contributed by atoms with van der Waals surface area (Å²) in [4.78, 5) is 28.3. The zero-order chi connectivity index (χ0) is 27.9. The van der Waals surface area contributed by atoms with Gasteiger partial charge in [0, 0.05) is 17.6 Å². The van der Waals surface area contributed by atoms with Crippen LogP contribution in [0, 0.1) is 13.8 Å². The maximum Gasteiger partial charge on any atom is 0.264 e. The molecule has 1 N–H and O–H groups in total. The van der Waals surface area contributed by atoms with E-state index < -0.39 is 28.5 Å². The Bertz CT molecular complexity index is 1360. The van der Waals surface area contributed by atoms with Gasteiger partial charge in [-0.25, -0.2) is 8.42 Å². The highest BCUT2D eigenvalue weighted by Gasteiger charge is 2.32. The van der Waals surface area contributed by atoms with E-state index in [9.17, 15) is 18.0 Å². The molecule has 2 amide bonds. The predicted octanol–water partition coefficient (Wildman–Crippen LogP) is 5.20. The molecule has 7 nitrogen and oxygen atoms in total. The van der Waals surface area contributed by atoms with Gasteiger partial charge in [0.25, 0.3) is 10.0 Å². The van der Waals surface area contributed by atoms with Crippen molar-refractivity contribution in [3.63, 3.8) is 0 Å². The molecule has 0 bridgehead atoms. The van der Waals surface area contributed by atoms with Crippen molar-refractivity contribution in [2.75, 3.05) is 17.4 Å². The van der Waals surface area contributed by atoms with Crippen LogP contribution in [0.15, 0.2) is 82.2 Å². The van der Waals surface area contributed by atoms with Gasteiger partial charge in [-0.05, 0) is 69.2 Å². The summed E-state index contributed by atoms with van der Waals surface area (Å²) in [6.07, 6.45) is 0.758. The monoisotopic (exact) mass is 599 g/mol. The second kappa shape index (κ2) is 13.1. The van der Waals surface area contributed by atoms with Crippen LogP contribution in [-0.4, -0.2) is 44.3 Å². The fraction of sp³-hybridized carbons (Fsp3) is 0.310. The van der Waals surface area contributed by atoms with Crippen molar-refractivity contribution < 1.29 is 18.0 Å². The summed E-state index contributed by atoms with van der Waals surface area (Å²) in [5.41, 5.74) is 3.07. The van der Waals surface area contributed by atoms with Gasteiger partial charge in [-0.15, -0.1) is 0 Å². The Morgan fingerprint density at radius 3 is 2.13 bits per heavy atom. The van der Waals surface area contributed by atoms with E-state index in [0.29, 0.717) is 12.2 Å². The van der Waals surface area contributed by atoms with E-state index in [4.69, 9.17) is 0 Å². The minimum absolute atomic E-state index is 0.0868. The average molecular weight is 601 g/mol. The van der Waals surface area contributed by atoms with Crippen LogP contribution in [0.25, 0.3) is 0 Å². The Hall–Kier alpha value is -3.17. The number of hydrogen-bond acceptors (Lipinski definition) is 4. The second-order valence-electron chi connectivity index (χ2n) is 9.28. The molecule has 38 heavy (non-hydrogen) atoms. The van der Waals surface area contributed by atoms with Crippen molar-refractivity contribution >= 4 is 43.5 Å². The highest BCUT2D eigenvalue weighted by molar-refractivity contribution is 9.10. The van der Waals surface area contributed by atoms with Gasteiger partial charge in [0.05, 0.1) is 10.6 Å². The number of carbonyl (C=O) groups is 2. The first-order valence-corrected chi connectivity index (χ1v) is 14.7. The first-order chi connectivity index (χ1) is 18.0. The van der Waals surface area contributed by atoms with E-state index in [1.54, 1.807) is 43.3 Å². The van der Waals surface area contributed by atoms with Crippen molar-refractivity contribution in [1.29, 1.82) is 0 Å². The molecule has 0 fully saturated rings. The number of aryl methyl sites for hydroxylation is 2. The Labute approximate surface area is 234 Å². The number of nitrogens with one attached hydrogen (secondary N) is 1. The number of anilines is 1.